The Balaban J connectivity index is 1.16. The molecule has 4 saturated carbocycles. The number of hydrogen-bond donors (Lipinski definition) is 2. The van der Waals surface area contributed by atoms with E-state index < -0.39 is 5.97 Å². The number of carboxylic acids is 1. The summed E-state index contributed by atoms with van der Waals surface area (Å²) in [7, 11) is 4.38. The number of carboxylic acid groups (broad SMARTS) is 1. The Morgan fingerprint density at radius 1 is 0.961 bits per heavy atom. The molecule has 0 bridgehead atoms. The lowest BCUT2D eigenvalue weighted by molar-refractivity contribution is -0.225. The van der Waals surface area contributed by atoms with Crippen LogP contribution in [0.5, 0.6) is 0 Å². The van der Waals surface area contributed by atoms with E-state index in [1.807, 2.05) is 24.5 Å². The number of rotatable bonds is 9. The molecule has 0 saturated heterocycles. The third kappa shape index (κ3) is 5.61. The van der Waals surface area contributed by atoms with Gasteiger partial charge in [-0.15, -0.1) is 0 Å². The first-order valence-corrected chi connectivity index (χ1v) is 20.1. The van der Waals surface area contributed by atoms with E-state index in [1.165, 1.54) is 73.6 Å². The lowest BCUT2D eigenvalue weighted by Crippen LogP contribution is -2.65. The number of aromatic carboxylic acids is 1. The second-order valence-corrected chi connectivity index (χ2v) is 19.4. The third-order valence-corrected chi connectivity index (χ3v) is 16.8. The van der Waals surface area contributed by atoms with Crippen molar-refractivity contribution >= 4 is 11.5 Å². The number of carbonyl (C=O) groups is 1. The Labute approximate surface area is 308 Å². The Morgan fingerprint density at radius 2 is 1.71 bits per heavy atom. The summed E-state index contributed by atoms with van der Waals surface area (Å²) in [6, 6.07) is 12.2. The van der Waals surface area contributed by atoms with Crippen LogP contribution in [0.25, 0.3) is 5.57 Å². The average Bonchev–Trinajstić information content (AvgIpc) is 3.47. The van der Waals surface area contributed by atoms with E-state index in [1.54, 1.807) is 12.1 Å². The number of aromatic nitrogens is 1. The van der Waals surface area contributed by atoms with Crippen molar-refractivity contribution in [1.29, 1.82) is 0 Å². The van der Waals surface area contributed by atoms with Gasteiger partial charge in [-0.05, 0) is 170 Å². The van der Waals surface area contributed by atoms with Gasteiger partial charge in [-0.25, -0.2) is 4.79 Å². The maximum absolute atomic E-state index is 11.6. The molecule has 7 rings (SSSR count). The van der Waals surface area contributed by atoms with Gasteiger partial charge < -0.3 is 15.3 Å². The van der Waals surface area contributed by atoms with Gasteiger partial charge in [0.05, 0.1) is 5.56 Å². The molecule has 0 radical (unpaired) electrons. The maximum Gasteiger partial charge on any atom is 0.335 e. The van der Waals surface area contributed by atoms with E-state index in [0.29, 0.717) is 51.5 Å². The maximum atomic E-state index is 11.6. The fraction of sp³-hybridized carbons (Fsp3) is 0.652. The zero-order valence-corrected chi connectivity index (χ0v) is 32.9. The minimum Gasteiger partial charge on any atom is -0.478 e. The molecule has 1 aromatic heterocycles. The lowest BCUT2D eigenvalue weighted by atomic mass is 9.32. The molecule has 5 aliphatic rings. The van der Waals surface area contributed by atoms with E-state index in [4.69, 9.17) is 0 Å². The van der Waals surface area contributed by atoms with Gasteiger partial charge in [0.2, 0.25) is 0 Å². The number of likely N-dealkylation sites (N-methyl/N-ethyl adjacent to an activating group) is 1. The first kappa shape index (κ1) is 36.6. The van der Waals surface area contributed by atoms with E-state index >= 15 is 0 Å². The zero-order chi connectivity index (χ0) is 36.6. The smallest absolute Gasteiger partial charge is 0.335 e. The molecule has 2 N–H and O–H groups in total. The molecule has 0 aliphatic heterocycles. The van der Waals surface area contributed by atoms with E-state index in [2.05, 4.69) is 95.6 Å². The van der Waals surface area contributed by atoms with Crippen LogP contribution in [0.2, 0.25) is 0 Å². The lowest BCUT2D eigenvalue weighted by Gasteiger charge is -2.72. The van der Waals surface area contributed by atoms with Gasteiger partial charge in [-0.3, -0.25) is 4.98 Å². The van der Waals surface area contributed by atoms with Crippen LogP contribution >= 0.6 is 0 Å². The predicted octanol–water partition coefficient (Wildman–Crippen LogP) is 10.3. The average molecular weight is 692 g/mol. The van der Waals surface area contributed by atoms with Crippen LogP contribution in [-0.2, 0) is 0 Å². The van der Waals surface area contributed by atoms with Crippen LogP contribution in [0.1, 0.15) is 127 Å². The van der Waals surface area contributed by atoms with E-state index in [-0.39, 0.29) is 10.8 Å². The summed E-state index contributed by atoms with van der Waals surface area (Å²) in [5, 5.41) is 13.6. The topological polar surface area (TPSA) is 65.5 Å². The second kappa shape index (κ2) is 13.0. The van der Waals surface area contributed by atoms with Gasteiger partial charge in [0.1, 0.15) is 0 Å². The number of pyridine rings is 1. The first-order chi connectivity index (χ1) is 24.1. The van der Waals surface area contributed by atoms with Gasteiger partial charge in [-0.1, -0.05) is 71.0 Å². The van der Waals surface area contributed by atoms with Crippen molar-refractivity contribution in [3.63, 3.8) is 0 Å². The molecule has 1 aromatic carbocycles. The monoisotopic (exact) mass is 692 g/mol. The second-order valence-electron chi connectivity index (χ2n) is 19.4. The molecular weight excluding hydrogens is 627 g/mol. The summed E-state index contributed by atoms with van der Waals surface area (Å²) in [6.07, 6.45) is 18.1. The van der Waals surface area contributed by atoms with Crippen molar-refractivity contribution in [2.24, 2.45) is 56.7 Å². The van der Waals surface area contributed by atoms with Crippen molar-refractivity contribution in [3.05, 3.63) is 83.7 Å². The fourth-order valence-corrected chi connectivity index (χ4v) is 14.1. The molecule has 0 spiro atoms. The molecule has 10 unspecified atom stereocenters. The van der Waals surface area contributed by atoms with Crippen molar-refractivity contribution in [1.82, 2.24) is 15.2 Å². The Kier molecular flexibility index (Phi) is 9.31. The van der Waals surface area contributed by atoms with Crippen LogP contribution in [0.4, 0.5) is 0 Å². The number of allylic oxidation sites excluding steroid dienone is 3. The van der Waals surface area contributed by atoms with Gasteiger partial charge in [0.25, 0.3) is 0 Å². The van der Waals surface area contributed by atoms with Gasteiger partial charge in [-0.2, -0.15) is 0 Å². The number of nitrogens with zero attached hydrogens (tertiary/aromatic N) is 2. The summed E-state index contributed by atoms with van der Waals surface area (Å²) in [6.45, 7) is 22.1. The Morgan fingerprint density at radius 3 is 2.35 bits per heavy atom. The van der Waals surface area contributed by atoms with Crippen LogP contribution in [-0.4, -0.2) is 48.1 Å². The number of hydrogen-bond acceptors (Lipinski definition) is 4. The minimum atomic E-state index is -0.858. The molecule has 51 heavy (non-hydrogen) atoms. The molecule has 0 amide bonds. The van der Waals surface area contributed by atoms with Crippen LogP contribution in [0.3, 0.4) is 0 Å². The number of nitrogens with one attached hydrogen (secondary N) is 1. The highest BCUT2D eigenvalue weighted by molar-refractivity contribution is 5.88. The molecule has 5 aliphatic carbocycles. The first-order valence-electron chi connectivity index (χ1n) is 20.1. The summed E-state index contributed by atoms with van der Waals surface area (Å²) < 4.78 is 0. The summed E-state index contributed by atoms with van der Waals surface area (Å²) in [4.78, 5) is 18.4. The highest BCUT2D eigenvalue weighted by Crippen LogP contribution is 2.77. The van der Waals surface area contributed by atoms with Crippen LogP contribution in [0.15, 0.2) is 67.0 Å². The third-order valence-electron chi connectivity index (χ3n) is 16.8. The SMILES string of the molecule is C=C(C)C1CCC2(CNCC(c3cccnc3)N(C)C)CCC3(C)C(CCC4C5(C)CC=C(c6ccc(C(=O)O)cc6)C(C)(C)C5CCC43C)C12. The summed E-state index contributed by atoms with van der Waals surface area (Å²) in [5.41, 5.74) is 6.91. The van der Waals surface area contributed by atoms with Gasteiger partial charge in [0.15, 0.2) is 0 Å². The molecule has 5 nitrogen and oxygen atoms in total. The quantitative estimate of drug-likeness (QED) is 0.256. The molecule has 5 heteroatoms. The molecule has 276 valence electrons. The molecule has 4 fully saturated rings. The number of fused-ring (bicyclic) bond motifs is 7. The largest absolute Gasteiger partial charge is 0.478 e. The summed E-state index contributed by atoms with van der Waals surface area (Å²) >= 11 is 0. The summed E-state index contributed by atoms with van der Waals surface area (Å²) in [5.74, 6) is 2.50. The number of benzene rings is 1. The fourth-order valence-electron chi connectivity index (χ4n) is 14.1. The highest BCUT2D eigenvalue weighted by Gasteiger charge is 2.70. The minimum absolute atomic E-state index is 0.0287. The van der Waals surface area contributed by atoms with Crippen molar-refractivity contribution in [2.45, 2.75) is 105 Å². The van der Waals surface area contributed by atoms with Crippen molar-refractivity contribution in [2.75, 3.05) is 27.2 Å². The molecule has 10 atom stereocenters. The standard InChI is InChI=1S/C46H65N3O2/c1-30(2)34-18-23-46(29-48-28-37(49(8)9)33-11-10-26-47-27-33)25-24-44(6)36(40(34)46)16-17-39-43(5)21-19-35(31-12-14-32(15-13-31)41(50)51)42(3,4)38(43)20-22-45(39,44)7/h10-15,19,26-27,34,36-40,48H,1,16-18,20-25,28-29H2,2-9H3,(H,50,51). The highest BCUT2D eigenvalue weighted by atomic mass is 16.4. The normalized spacial score (nSPS) is 38.8. The molecule has 2 aromatic rings. The van der Waals surface area contributed by atoms with E-state index in [0.717, 1.165) is 25.4 Å². The zero-order valence-electron chi connectivity index (χ0n) is 32.9. The molecule has 1 heterocycles. The van der Waals surface area contributed by atoms with E-state index in [9.17, 15) is 9.90 Å². The van der Waals surface area contributed by atoms with Crippen molar-refractivity contribution < 1.29 is 9.90 Å². The van der Waals surface area contributed by atoms with Crippen LogP contribution < -0.4 is 5.32 Å². The van der Waals surface area contributed by atoms with Gasteiger partial charge >= 0.3 is 5.97 Å². The van der Waals surface area contributed by atoms with Crippen LogP contribution in [0, 0.1) is 56.7 Å². The Hall–Kier alpha value is -2.76. The van der Waals surface area contributed by atoms with Crippen molar-refractivity contribution in [3.8, 4) is 0 Å². The van der Waals surface area contributed by atoms with Gasteiger partial charge in [0, 0.05) is 31.5 Å². The molecular formula is C46H65N3O2. The predicted molar refractivity (Wildman–Crippen MR) is 209 cm³/mol. The Bertz CT molecular complexity index is 1660.